The van der Waals surface area contributed by atoms with Crippen LogP contribution in [0.5, 0.6) is 0 Å². The van der Waals surface area contributed by atoms with Crippen molar-refractivity contribution in [2.75, 3.05) is 13.1 Å². The van der Waals surface area contributed by atoms with E-state index >= 15 is 0 Å². The van der Waals surface area contributed by atoms with Crippen LogP contribution in [0.1, 0.15) is 38.4 Å². The van der Waals surface area contributed by atoms with E-state index in [0.717, 1.165) is 43.0 Å². The van der Waals surface area contributed by atoms with Crippen molar-refractivity contribution in [2.24, 2.45) is 0 Å². The van der Waals surface area contributed by atoms with Crippen LogP contribution < -0.4 is 0 Å². The summed E-state index contributed by atoms with van der Waals surface area (Å²) >= 11 is 0. The Labute approximate surface area is 118 Å². The van der Waals surface area contributed by atoms with Crippen LogP contribution in [0, 0.1) is 0 Å². The normalized spacial score (nSPS) is 18.9. The molecule has 5 nitrogen and oxygen atoms in total. The lowest BCUT2D eigenvalue weighted by Crippen LogP contribution is -2.27. The molecule has 1 fully saturated rings. The van der Waals surface area contributed by atoms with Crippen LogP contribution in [0.4, 0.5) is 0 Å². The van der Waals surface area contributed by atoms with Crippen molar-refractivity contribution in [3.8, 4) is 0 Å². The van der Waals surface area contributed by atoms with E-state index in [0.29, 0.717) is 12.3 Å². The molecular weight excluding hydrogens is 252 g/mol. The van der Waals surface area contributed by atoms with Crippen molar-refractivity contribution >= 4 is 17.1 Å². The van der Waals surface area contributed by atoms with Crippen molar-refractivity contribution in [1.29, 1.82) is 0 Å². The predicted octanol–water partition coefficient (Wildman–Crippen LogP) is 2.18. The van der Waals surface area contributed by atoms with E-state index in [1.807, 2.05) is 30.2 Å². The minimum atomic E-state index is 0.241. The van der Waals surface area contributed by atoms with Gasteiger partial charge in [-0.25, -0.2) is 9.97 Å². The van der Waals surface area contributed by atoms with Crippen LogP contribution in [0.3, 0.4) is 0 Å². The van der Waals surface area contributed by atoms with Crippen molar-refractivity contribution in [2.45, 2.75) is 39.2 Å². The van der Waals surface area contributed by atoms with Gasteiger partial charge < -0.3 is 9.47 Å². The van der Waals surface area contributed by atoms with E-state index in [9.17, 15) is 4.79 Å². The SMILES string of the molecule is CCC(=O)N1CC[C@H](c2nc3cccnc3n2CC)C1. The van der Waals surface area contributed by atoms with Gasteiger partial charge in [-0.15, -0.1) is 0 Å². The van der Waals surface area contributed by atoms with E-state index in [4.69, 9.17) is 4.98 Å². The highest BCUT2D eigenvalue weighted by Gasteiger charge is 2.30. The number of hydrogen-bond acceptors (Lipinski definition) is 3. The van der Waals surface area contributed by atoms with E-state index in [1.165, 1.54) is 0 Å². The lowest BCUT2D eigenvalue weighted by molar-refractivity contribution is -0.129. The first kappa shape index (κ1) is 13.1. The van der Waals surface area contributed by atoms with Crippen LogP contribution in [-0.2, 0) is 11.3 Å². The van der Waals surface area contributed by atoms with Crippen molar-refractivity contribution < 1.29 is 4.79 Å². The molecule has 0 radical (unpaired) electrons. The second-order valence-electron chi connectivity index (χ2n) is 5.24. The van der Waals surface area contributed by atoms with Crippen molar-refractivity contribution in [3.05, 3.63) is 24.2 Å². The van der Waals surface area contributed by atoms with Crippen LogP contribution in [0.15, 0.2) is 18.3 Å². The molecule has 0 unspecified atom stereocenters. The average molecular weight is 272 g/mol. The molecule has 1 saturated heterocycles. The number of aryl methyl sites for hydroxylation is 1. The fourth-order valence-electron chi connectivity index (χ4n) is 3.02. The summed E-state index contributed by atoms with van der Waals surface area (Å²) in [6, 6.07) is 3.92. The minimum absolute atomic E-state index is 0.241. The molecule has 3 rings (SSSR count). The molecule has 0 spiro atoms. The zero-order valence-corrected chi connectivity index (χ0v) is 12.0. The number of fused-ring (bicyclic) bond motifs is 1. The number of aromatic nitrogens is 3. The minimum Gasteiger partial charge on any atom is -0.342 e. The van der Waals surface area contributed by atoms with Crippen LogP contribution >= 0.6 is 0 Å². The lowest BCUT2D eigenvalue weighted by atomic mass is 10.1. The summed E-state index contributed by atoms with van der Waals surface area (Å²) in [6.07, 6.45) is 3.38. The first-order valence-corrected chi connectivity index (χ1v) is 7.33. The summed E-state index contributed by atoms with van der Waals surface area (Å²) in [4.78, 5) is 22.9. The van der Waals surface area contributed by atoms with Gasteiger partial charge in [-0.3, -0.25) is 4.79 Å². The molecule has 2 aromatic rings. The molecule has 0 saturated carbocycles. The van der Waals surface area contributed by atoms with E-state index in [1.54, 1.807) is 0 Å². The summed E-state index contributed by atoms with van der Waals surface area (Å²) in [7, 11) is 0. The Kier molecular flexibility index (Phi) is 3.42. The Morgan fingerprint density at radius 2 is 2.30 bits per heavy atom. The fourth-order valence-corrected chi connectivity index (χ4v) is 3.02. The topological polar surface area (TPSA) is 51.0 Å². The predicted molar refractivity (Wildman–Crippen MR) is 77.4 cm³/mol. The summed E-state index contributed by atoms with van der Waals surface area (Å²) in [5.41, 5.74) is 1.90. The zero-order chi connectivity index (χ0) is 14.1. The second-order valence-corrected chi connectivity index (χ2v) is 5.24. The number of carbonyl (C=O) groups excluding carboxylic acids is 1. The molecule has 0 aromatic carbocycles. The van der Waals surface area contributed by atoms with Gasteiger partial charge >= 0.3 is 0 Å². The van der Waals surface area contributed by atoms with Gasteiger partial charge in [0.1, 0.15) is 11.3 Å². The van der Waals surface area contributed by atoms with E-state index in [-0.39, 0.29) is 5.91 Å². The van der Waals surface area contributed by atoms with Gasteiger partial charge in [0.15, 0.2) is 5.65 Å². The molecule has 1 aliphatic rings. The van der Waals surface area contributed by atoms with Gasteiger partial charge in [0.25, 0.3) is 0 Å². The van der Waals surface area contributed by atoms with Gasteiger partial charge in [0.2, 0.25) is 5.91 Å². The number of pyridine rings is 1. The number of imidazole rings is 1. The maximum absolute atomic E-state index is 11.8. The Morgan fingerprint density at radius 1 is 1.45 bits per heavy atom. The third-order valence-electron chi connectivity index (χ3n) is 4.06. The molecule has 0 aliphatic carbocycles. The van der Waals surface area contributed by atoms with Gasteiger partial charge in [-0.1, -0.05) is 6.92 Å². The summed E-state index contributed by atoms with van der Waals surface area (Å²) in [5, 5.41) is 0. The summed E-state index contributed by atoms with van der Waals surface area (Å²) < 4.78 is 2.18. The van der Waals surface area contributed by atoms with Crippen molar-refractivity contribution in [3.63, 3.8) is 0 Å². The molecule has 1 atom stereocenters. The van der Waals surface area contributed by atoms with Gasteiger partial charge in [-0.05, 0) is 25.5 Å². The largest absolute Gasteiger partial charge is 0.342 e. The Hall–Kier alpha value is -1.91. The molecule has 1 aliphatic heterocycles. The highest BCUT2D eigenvalue weighted by molar-refractivity contribution is 5.76. The third-order valence-corrected chi connectivity index (χ3v) is 4.06. The molecule has 1 amide bonds. The van der Waals surface area contributed by atoms with E-state index in [2.05, 4.69) is 16.5 Å². The quantitative estimate of drug-likeness (QED) is 0.860. The maximum Gasteiger partial charge on any atom is 0.222 e. The average Bonchev–Trinajstić information content (AvgIpc) is 3.10. The smallest absolute Gasteiger partial charge is 0.222 e. The first-order chi connectivity index (χ1) is 9.74. The standard InChI is InChI=1S/C15H20N4O/c1-3-13(20)18-9-7-11(10-18)14-17-12-6-5-8-16-15(12)19(14)4-2/h5-6,8,11H,3-4,7,9-10H2,1-2H3/t11-/m0/s1. The number of likely N-dealkylation sites (tertiary alicyclic amines) is 1. The zero-order valence-electron chi connectivity index (χ0n) is 12.0. The molecular formula is C15H20N4O. The van der Waals surface area contributed by atoms with Gasteiger partial charge in [0, 0.05) is 38.2 Å². The number of nitrogens with zero attached hydrogens (tertiary/aromatic N) is 4. The van der Waals surface area contributed by atoms with Crippen LogP contribution in [0.25, 0.3) is 11.2 Å². The lowest BCUT2D eigenvalue weighted by Gasteiger charge is -2.15. The molecule has 5 heteroatoms. The summed E-state index contributed by atoms with van der Waals surface area (Å²) in [6.45, 7) is 6.53. The molecule has 0 N–H and O–H groups in total. The number of hydrogen-bond donors (Lipinski definition) is 0. The van der Waals surface area contributed by atoms with Crippen LogP contribution in [-0.4, -0.2) is 38.4 Å². The molecule has 3 heterocycles. The number of rotatable bonds is 3. The van der Waals surface area contributed by atoms with Crippen LogP contribution in [0.2, 0.25) is 0 Å². The van der Waals surface area contributed by atoms with E-state index < -0.39 is 0 Å². The number of amides is 1. The Morgan fingerprint density at radius 3 is 3.05 bits per heavy atom. The van der Waals surface area contributed by atoms with Gasteiger partial charge in [0.05, 0.1) is 0 Å². The molecule has 20 heavy (non-hydrogen) atoms. The fraction of sp³-hybridized carbons (Fsp3) is 0.533. The highest BCUT2D eigenvalue weighted by Crippen LogP contribution is 2.29. The second kappa shape index (κ2) is 5.23. The summed E-state index contributed by atoms with van der Waals surface area (Å²) in [5.74, 6) is 1.65. The Bertz CT molecular complexity index is 634. The highest BCUT2D eigenvalue weighted by atomic mass is 16.2. The molecule has 2 aromatic heterocycles. The monoisotopic (exact) mass is 272 g/mol. The maximum atomic E-state index is 11.8. The molecule has 106 valence electrons. The molecule has 0 bridgehead atoms. The number of carbonyl (C=O) groups is 1. The third kappa shape index (κ3) is 2.07. The first-order valence-electron chi connectivity index (χ1n) is 7.33. The van der Waals surface area contributed by atoms with Crippen molar-refractivity contribution in [1.82, 2.24) is 19.4 Å². The van der Waals surface area contributed by atoms with Gasteiger partial charge in [-0.2, -0.15) is 0 Å². The Balaban J connectivity index is 1.93.